The number of nitrogens with one attached hydrogen (secondary N) is 1. The molecule has 0 atom stereocenters. The highest BCUT2D eigenvalue weighted by molar-refractivity contribution is 5.97. The SMILES string of the molecule is CCCCCCCCCCOc1ccc(C(=O)N=Nc2c(O)[nH]c3ccccc23)cc1. The van der Waals surface area contributed by atoms with Gasteiger partial charge in [-0.1, -0.05) is 70.1 Å². The van der Waals surface area contributed by atoms with Gasteiger partial charge in [-0.3, -0.25) is 4.79 Å². The van der Waals surface area contributed by atoms with Crippen LogP contribution in [0.1, 0.15) is 68.6 Å². The van der Waals surface area contributed by atoms with Gasteiger partial charge in [0.2, 0.25) is 5.88 Å². The van der Waals surface area contributed by atoms with E-state index in [4.69, 9.17) is 4.74 Å². The molecule has 3 aromatic rings. The summed E-state index contributed by atoms with van der Waals surface area (Å²) in [5.74, 6) is 0.160. The number of para-hydroxylation sites is 1. The average molecular weight is 422 g/mol. The molecule has 1 aromatic heterocycles. The van der Waals surface area contributed by atoms with Crippen LogP contribution >= 0.6 is 0 Å². The third kappa shape index (κ3) is 6.67. The number of rotatable bonds is 12. The summed E-state index contributed by atoms with van der Waals surface area (Å²) in [6.45, 7) is 2.92. The van der Waals surface area contributed by atoms with Gasteiger partial charge in [-0.15, -0.1) is 10.2 Å². The lowest BCUT2D eigenvalue weighted by atomic mass is 10.1. The topological polar surface area (TPSA) is 87.0 Å². The number of unbranched alkanes of at least 4 members (excludes halogenated alkanes) is 7. The maximum Gasteiger partial charge on any atom is 0.295 e. The van der Waals surface area contributed by atoms with E-state index in [1.165, 1.54) is 44.9 Å². The Balaban J connectivity index is 1.44. The monoisotopic (exact) mass is 421 g/mol. The molecule has 6 heteroatoms. The number of hydrogen-bond acceptors (Lipinski definition) is 4. The fourth-order valence-corrected chi connectivity index (χ4v) is 3.49. The molecule has 0 saturated carbocycles. The summed E-state index contributed by atoms with van der Waals surface area (Å²) in [5, 5.41) is 18.4. The van der Waals surface area contributed by atoms with Crippen LogP contribution in [0.2, 0.25) is 0 Å². The van der Waals surface area contributed by atoms with Crippen LogP contribution in [0, 0.1) is 0 Å². The smallest absolute Gasteiger partial charge is 0.295 e. The third-order valence-electron chi connectivity index (χ3n) is 5.27. The second-order valence-electron chi connectivity index (χ2n) is 7.72. The van der Waals surface area contributed by atoms with Crippen LogP contribution in [-0.4, -0.2) is 22.6 Å². The predicted octanol–water partition coefficient (Wildman–Crippen LogP) is 7.32. The van der Waals surface area contributed by atoms with Crippen molar-refractivity contribution in [2.24, 2.45) is 10.2 Å². The summed E-state index contributed by atoms with van der Waals surface area (Å²) < 4.78 is 5.77. The van der Waals surface area contributed by atoms with Crippen molar-refractivity contribution in [3.63, 3.8) is 0 Å². The van der Waals surface area contributed by atoms with Gasteiger partial charge in [0.25, 0.3) is 5.91 Å². The summed E-state index contributed by atoms with van der Waals surface area (Å²) in [6.07, 6.45) is 10.1. The van der Waals surface area contributed by atoms with E-state index < -0.39 is 5.91 Å². The van der Waals surface area contributed by atoms with Crippen molar-refractivity contribution < 1.29 is 14.6 Å². The lowest BCUT2D eigenvalue weighted by Crippen LogP contribution is -1.98. The van der Waals surface area contributed by atoms with E-state index in [1.54, 1.807) is 24.3 Å². The quantitative estimate of drug-likeness (QED) is 0.237. The van der Waals surface area contributed by atoms with E-state index >= 15 is 0 Å². The Morgan fingerprint density at radius 1 is 0.935 bits per heavy atom. The number of aromatic nitrogens is 1. The van der Waals surface area contributed by atoms with Crippen LogP contribution in [0.5, 0.6) is 11.6 Å². The van der Waals surface area contributed by atoms with Gasteiger partial charge in [0.05, 0.1) is 12.1 Å². The largest absolute Gasteiger partial charge is 0.494 e. The molecule has 1 amide bonds. The van der Waals surface area contributed by atoms with Gasteiger partial charge in [0.1, 0.15) is 5.75 Å². The average Bonchev–Trinajstić information content (AvgIpc) is 3.11. The number of carbonyl (C=O) groups is 1. The lowest BCUT2D eigenvalue weighted by Gasteiger charge is -2.06. The normalized spacial score (nSPS) is 11.4. The van der Waals surface area contributed by atoms with Crippen LogP contribution in [0.15, 0.2) is 58.8 Å². The number of carbonyl (C=O) groups excluding carboxylic acids is 1. The summed E-state index contributed by atoms with van der Waals surface area (Å²) >= 11 is 0. The zero-order valence-corrected chi connectivity index (χ0v) is 18.1. The number of benzene rings is 2. The number of aromatic amines is 1. The number of amides is 1. The Hall–Kier alpha value is -3.15. The van der Waals surface area contributed by atoms with Crippen molar-refractivity contribution in [3.05, 3.63) is 54.1 Å². The van der Waals surface area contributed by atoms with E-state index in [1.807, 2.05) is 24.3 Å². The van der Waals surface area contributed by atoms with Crippen molar-refractivity contribution in [1.29, 1.82) is 0 Å². The lowest BCUT2D eigenvalue weighted by molar-refractivity contribution is 0.0995. The van der Waals surface area contributed by atoms with E-state index in [0.29, 0.717) is 17.6 Å². The van der Waals surface area contributed by atoms with Crippen LogP contribution < -0.4 is 4.74 Å². The Labute approximate surface area is 183 Å². The zero-order chi connectivity index (χ0) is 21.9. The number of nitrogens with zero attached hydrogens (tertiary/aromatic N) is 2. The van der Waals surface area contributed by atoms with Gasteiger partial charge in [0, 0.05) is 10.9 Å². The molecule has 2 N–H and O–H groups in total. The van der Waals surface area contributed by atoms with Crippen LogP contribution in [0.3, 0.4) is 0 Å². The number of hydrogen-bond donors (Lipinski definition) is 2. The van der Waals surface area contributed by atoms with Crippen molar-refractivity contribution in [3.8, 4) is 11.6 Å². The maximum absolute atomic E-state index is 12.3. The highest BCUT2D eigenvalue weighted by Crippen LogP contribution is 2.35. The molecule has 0 fully saturated rings. The van der Waals surface area contributed by atoms with Crippen molar-refractivity contribution in [1.82, 2.24) is 4.98 Å². The molecule has 0 aliphatic carbocycles. The highest BCUT2D eigenvalue weighted by atomic mass is 16.5. The fourth-order valence-electron chi connectivity index (χ4n) is 3.49. The maximum atomic E-state index is 12.3. The van der Waals surface area contributed by atoms with E-state index in [9.17, 15) is 9.90 Å². The number of azo groups is 1. The van der Waals surface area contributed by atoms with Gasteiger partial charge in [0.15, 0.2) is 5.69 Å². The molecule has 6 nitrogen and oxygen atoms in total. The van der Waals surface area contributed by atoms with Crippen LogP contribution in [0.25, 0.3) is 10.9 Å². The first kappa shape index (κ1) is 22.5. The van der Waals surface area contributed by atoms with Crippen LogP contribution in [-0.2, 0) is 0 Å². The number of fused-ring (bicyclic) bond motifs is 1. The molecule has 1 heterocycles. The molecule has 0 aliphatic rings. The Bertz CT molecular complexity index is 993. The Kier molecular flexibility index (Phi) is 8.64. The minimum absolute atomic E-state index is 0.109. The van der Waals surface area contributed by atoms with Gasteiger partial charge < -0.3 is 14.8 Å². The molecule has 0 unspecified atom stereocenters. The molecule has 31 heavy (non-hydrogen) atoms. The molecule has 164 valence electrons. The molecule has 0 bridgehead atoms. The minimum Gasteiger partial charge on any atom is -0.494 e. The molecule has 0 spiro atoms. The second-order valence-corrected chi connectivity index (χ2v) is 7.72. The van der Waals surface area contributed by atoms with Crippen molar-refractivity contribution in [2.45, 2.75) is 58.3 Å². The second kappa shape index (κ2) is 11.9. The standard InChI is InChI=1S/C25H31N3O3/c1-2-3-4-5-6-7-8-11-18-31-20-16-14-19(15-17-20)24(29)28-27-23-21-12-9-10-13-22(21)26-25(23)30/h9-10,12-17,26,30H,2-8,11,18H2,1H3. The first-order valence-corrected chi connectivity index (χ1v) is 11.2. The van der Waals surface area contributed by atoms with Gasteiger partial charge >= 0.3 is 0 Å². The molecule has 3 rings (SSSR count). The van der Waals surface area contributed by atoms with Crippen molar-refractivity contribution in [2.75, 3.05) is 6.61 Å². The van der Waals surface area contributed by atoms with Gasteiger partial charge in [-0.2, -0.15) is 0 Å². The first-order valence-electron chi connectivity index (χ1n) is 11.2. The molecule has 0 aliphatic heterocycles. The Morgan fingerprint density at radius 2 is 1.61 bits per heavy atom. The highest BCUT2D eigenvalue weighted by Gasteiger charge is 2.11. The van der Waals surface area contributed by atoms with Crippen molar-refractivity contribution >= 4 is 22.5 Å². The Morgan fingerprint density at radius 3 is 2.35 bits per heavy atom. The van der Waals surface area contributed by atoms with Crippen LogP contribution in [0.4, 0.5) is 5.69 Å². The number of H-pyrrole nitrogens is 1. The molecular weight excluding hydrogens is 390 g/mol. The molecular formula is C25H31N3O3. The number of aromatic hydroxyl groups is 1. The predicted molar refractivity (Wildman–Crippen MR) is 123 cm³/mol. The zero-order valence-electron chi connectivity index (χ0n) is 18.1. The minimum atomic E-state index is -0.473. The first-order chi connectivity index (χ1) is 15.2. The summed E-state index contributed by atoms with van der Waals surface area (Å²) in [7, 11) is 0. The summed E-state index contributed by atoms with van der Waals surface area (Å²) in [6, 6.07) is 14.2. The fraction of sp³-hybridized carbons (Fsp3) is 0.400. The van der Waals surface area contributed by atoms with E-state index in [2.05, 4.69) is 22.1 Å². The van der Waals surface area contributed by atoms with E-state index in [-0.39, 0.29) is 11.6 Å². The summed E-state index contributed by atoms with van der Waals surface area (Å²) in [4.78, 5) is 15.1. The molecule has 0 radical (unpaired) electrons. The molecule has 0 saturated heterocycles. The van der Waals surface area contributed by atoms with E-state index in [0.717, 1.165) is 17.7 Å². The molecule has 2 aromatic carbocycles. The van der Waals surface area contributed by atoms with Gasteiger partial charge in [-0.05, 0) is 36.8 Å². The third-order valence-corrected chi connectivity index (χ3v) is 5.27. The summed E-state index contributed by atoms with van der Waals surface area (Å²) in [5.41, 5.74) is 1.41. The number of ether oxygens (including phenoxy) is 1. The van der Waals surface area contributed by atoms with Gasteiger partial charge in [-0.25, -0.2) is 0 Å².